The lowest BCUT2D eigenvalue weighted by Gasteiger charge is -2.33. The maximum atomic E-state index is 12.2. The van der Waals surface area contributed by atoms with Crippen LogP contribution in [0.4, 0.5) is 4.79 Å². The predicted octanol–water partition coefficient (Wildman–Crippen LogP) is 0.795. The van der Waals surface area contributed by atoms with E-state index >= 15 is 0 Å². The number of amides is 3. The number of aromatic nitrogens is 2. The second kappa shape index (κ2) is 7.20. The third kappa shape index (κ3) is 4.16. The number of carbonyl (C=O) groups excluding carboxylic acids is 2. The SMILES string of the molecule is Cc1cnc(CNC(=O)C2CCN(C(=O)N(C)C)CC2)cn1. The molecule has 3 amide bonds. The summed E-state index contributed by atoms with van der Waals surface area (Å²) in [6.07, 6.45) is 4.76. The number of aryl methyl sites for hydroxylation is 1. The van der Waals surface area contributed by atoms with E-state index in [9.17, 15) is 9.59 Å². The molecule has 2 heterocycles. The highest BCUT2D eigenvalue weighted by Crippen LogP contribution is 2.18. The molecule has 120 valence electrons. The van der Waals surface area contributed by atoms with Gasteiger partial charge >= 0.3 is 6.03 Å². The molecule has 0 unspecified atom stereocenters. The van der Waals surface area contributed by atoms with E-state index in [1.807, 2.05) is 6.92 Å². The van der Waals surface area contributed by atoms with Gasteiger partial charge in [-0.3, -0.25) is 14.8 Å². The molecule has 0 aliphatic carbocycles. The average molecular weight is 305 g/mol. The fourth-order valence-corrected chi connectivity index (χ4v) is 2.45. The van der Waals surface area contributed by atoms with Crippen LogP contribution in [-0.4, -0.2) is 58.9 Å². The Bertz CT molecular complexity index is 521. The van der Waals surface area contributed by atoms with Gasteiger partial charge in [0.1, 0.15) is 0 Å². The third-order valence-corrected chi connectivity index (χ3v) is 3.80. The van der Waals surface area contributed by atoms with Crippen LogP contribution in [0.25, 0.3) is 0 Å². The molecule has 1 aliphatic heterocycles. The fraction of sp³-hybridized carbons (Fsp3) is 0.600. The Hall–Kier alpha value is -2.18. The lowest BCUT2D eigenvalue weighted by atomic mass is 9.96. The third-order valence-electron chi connectivity index (χ3n) is 3.80. The van der Waals surface area contributed by atoms with E-state index in [2.05, 4.69) is 15.3 Å². The van der Waals surface area contributed by atoms with Crippen LogP contribution in [0.2, 0.25) is 0 Å². The summed E-state index contributed by atoms with van der Waals surface area (Å²) in [6.45, 7) is 3.51. The van der Waals surface area contributed by atoms with Gasteiger partial charge in [-0.1, -0.05) is 0 Å². The summed E-state index contributed by atoms with van der Waals surface area (Å²) in [6, 6.07) is 0.00814. The van der Waals surface area contributed by atoms with Crippen LogP contribution in [0.3, 0.4) is 0 Å². The normalized spacial score (nSPS) is 15.5. The lowest BCUT2D eigenvalue weighted by molar-refractivity contribution is -0.126. The van der Waals surface area contributed by atoms with E-state index in [1.165, 1.54) is 0 Å². The molecule has 1 aromatic heterocycles. The number of hydrogen-bond donors (Lipinski definition) is 1. The van der Waals surface area contributed by atoms with E-state index in [0.717, 1.165) is 11.4 Å². The number of likely N-dealkylation sites (tertiary alicyclic amines) is 1. The van der Waals surface area contributed by atoms with Gasteiger partial charge in [0.25, 0.3) is 0 Å². The van der Waals surface area contributed by atoms with Gasteiger partial charge in [-0.25, -0.2) is 4.79 Å². The molecule has 1 N–H and O–H groups in total. The van der Waals surface area contributed by atoms with Crippen molar-refractivity contribution in [2.75, 3.05) is 27.2 Å². The molecule has 1 aromatic rings. The lowest BCUT2D eigenvalue weighted by Crippen LogP contribution is -2.46. The number of carbonyl (C=O) groups is 2. The van der Waals surface area contributed by atoms with E-state index in [1.54, 1.807) is 36.3 Å². The molecule has 0 radical (unpaired) electrons. The van der Waals surface area contributed by atoms with Crippen molar-refractivity contribution in [1.29, 1.82) is 0 Å². The summed E-state index contributed by atoms with van der Waals surface area (Å²) < 4.78 is 0. The standard InChI is InChI=1S/C15H23N5O2/c1-11-8-17-13(9-16-11)10-18-14(21)12-4-6-20(7-5-12)15(22)19(2)3/h8-9,12H,4-7,10H2,1-3H3,(H,18,21). The highest BCUT2D eigenvalue weighted by molar-refractivity contribution is 5.79. The molecule has 7 heteroatoms. The minimum atomic E-state index is -0.0374. The van der Waals surface area contributed by atoms with Crippen LogP contribution in [0.5, 0.6) is 0 Å². The summed E-state index contributed by atoms with van der Waals surface area (Å²) >= 11 is 0. The number of piperidine rings is 1. The number of nitrogens with one attached hydrogen (secondary N) is 1. The zero-order valence-corrected chi connectivity index (χ0v) is 13.4. The molecule has 0 saturated carbocycles. The summed E-state index contributed by atoms with van der Waals surface area (Å²) in [5, 5.41) is 2.90. The molecule has 0 bridgehead atoms. The van der Waals surface area contributed by atoms with Gasteiger partial charge in [0, 0.05) is 39.3 Å². The Morgan fingerprint density at radius 2 is 1.95 bits per heavy atom. The van der Waals surface area contributed by atoms with Gasteiger partial charge in [0.05, 0.1) is 24.1 Å². The Morgan fingerprint density at radius 3 is 2.50 bits per heavy atom. The van der Waals surface area contributed by atoms with Crippen molar-refractivity contribution < 1.29 is 9.59 Å². The van der Waals surface area contributed by atoms with Crippen molar-refractivity contribution in [3.63, 3.8) is 0 Å². The van der Waals surface area contributed by atoms with Crippen LogP contribution in [0.15, 0.2) is 12.4 Å². The molecule has 0 atom stereocenters. The Labute approximate surface area is 130 Å². The van der Waals surface area contributed by atoms with Crippen molar-refractivity contribution in [3.8, 4) is 0 Å². The first-order valence-corrected chi connectivity index (χ1v) is 7.49. The zero-order chi connectivity index (χ0) is 16.1. The van der Waals surface area contributed by atoms with E-state index in [-0.39, 0.29) is 17.9 Å². The molecule has 1 fully saturated rings. The second-order valence-electron chi connectivity index (χ2n) is 5.81. The molecule has 1 saturated heterocycles. The monoisotopic (exact) mass is 305 g/mol. The van der Waals surface area contributed by atoms with E-state index < -0.39 is 0 Å². The van der Waals surface area contributed by atoms with Crippen molar-refractivity contribution >= 4 is 11.9 Å². The zero-order valence-electron chi connectivity index (χ0n) is 13.4. The van der Waals surface area contributed by atoms with Gasteiger partial charge < -0.3 is 15.1 Å². The minimum absolute atomic E-state index is 0.00814. The average Bonchev–Trinajstić information content (AvgIpc) is 2.53. The molecule has 1 aliphatic rings. The maximum absolute atomic E-state index is 12.2. The Morgan fingerprint density at radius 1 is 1.27 bits per heavy atom. The van der Waals surface area contributed by atoms with Gasteiger partial charge in [0.2, 0.25) is 5.91 Å². The molecule has 22 heavy (non-hydrogen) atoms. The summed E-state index contributed by atoms with van der Waals surface area (Å²) in [5.41, 5.74) is 1.60. The first-order chi connectivity index (χ1) is 10.5. The first-order valence-electron chi connectivity index (χ1n) is 7.49. The largest absolute Gasteiger partial charge is 0.350 e. The van der Waals surface area contributed by atoms with Gasteiger partial charge in [-0.2, -0.15) is 0 Å². The number of urea groups is 1. The fourth-order valence-electron chi connectivity index (χ4n) is 2.45. The highest BCUT2D eigenvalue weighted by atomic mass is 16.2. The second-order valence-corrected chi connectivity index (χ2v) is 5.81. The van der Waals surface area contributed by atoms with Crippen LogP contribution in [0, 0.1) is 12.8 Å². The molecule has 0 spiro atoms. The molecular weight excluding hydrogens is 282 g/mol. The van der Waals surface area contributed by atoms with Crippen molar-refractivity contribution in [3.05, 3.63) is 23.8 Å². The topological polar surface area (TPSA) is 78.4 Å². The van der Waals surface area contributed by atoms with E-state index in [4.69, 9.17) is 0 Å². The molecule has 2 rings (SSSR count). The summed E-state index contributed by atoms with van der Waals surface area (Å²) in [4.78, 5) is 35.7. The quantitative estimate of drug-likeness (QED) is 0.896. The minimum Gasteiger partial charge on any atom is -0.350 e. The Kier molecular flexibility index (Phi) is 5.30. The first kappa shape index (κ1) is 16.2. The number of rotatable bonds is 3. The van der Waals surface area contributed by atoms with Crippen molar-refractivity contribution in [2.45, 2.75) is 26.3 Å². The van der Waals surface area contributed by atoms with Crippen LogP contribution in [0.1, 0.15) is 24.2 Å². The van der Waals surface area contributed by atoms with E-state index in [0.29, 0.717) is 32.5 Å². The van der Waals surface area contributed by atoms with Crippen molar-refractivity contribution in [1.82, 2.24) is 25.1 Å². The predicted molar refractivity (Wildman–Crippen MR) is 82.0 cm³/mol. The van der Waals surface area contributed by atoms with Crippen molar-refractivity contribution in [2.24, 2.45) is 5.92 Å². The van der Waals surface area contributed by atoms with Gasteiger partial charge in [0.15, 0.2) is 0 Å². The van der Waals surface area contributed by atoms with Gasteiger partial charge in [-0.15, -0.1) is 0 Å². The molecular formula is C15H23N5O2. The van der Waals surface area contributed by atoms with Crippen LogP contribution < -0.4 is 5.32 Å². The highest BCUT2D eigenvalue weighted by Gasteiger charge is 2.27. The maximum Gasteiger partial charge on any atom is 0.319 e. The summed E-state index contributed by atoms with van der Waals surface area (Å²) in [7, 11) is 3.48. The van der Waals surface area contributed by atoms with Crippen LogP contribution >= 0.6 is 0 Å². The molecule has 7 nitrogen and oxygen atoms in total. The van der Waals surface area contributed by atoms with Crippen LogP contribution in [-0.2, 0) is 11.3 Å². The summed E-state index contributed by atoms with van der Waals surface area (Å²) in [5.74, 6) is -0.0102. The number of nitrogens with zero attached hydrogens (tertiary/aromatic N) is 4. The molecule has 0 aromatic carbocycles. The number of hydrogen-bond acceptors (Lipinski definition) is 4. The Balaban J connectivity index is 1.77. The van der Waals surface area contributed by atoms with Gasteiger partial charge in [-0.05, 0) is 19.8 Å². The smallest absolute Gasteiger partial charge is 0.319 e.